The van der Waals surface area contributed by atoms with Crippen LogP contribution in [0, 0.1) is 13.8 Å². The number of aromatic nitrogens is 2. The third-order valence-electron chi connectivity index (χ3n) is 3.13. The SMILES string of the molecule is Cc1nc(N)c(C)c(N(C)CC2CCCO2)n1. The van der Waals surface area contributed by atoms with Crippen LogP contribution in [-0.4, -0.2) is 36.3 Å². The molecule has 1 fully saturated rings. The molecule has 0 saturated carbocycles. The van der Waals surface area contributed by atoms with Crippen molar-refractivity contribution in [1.82, 2.24) is 9.97 Å². The Kier molecular flexibility index (Phi) is 3.47. The molecule has 2 heterocycles. The van der Waals surface area contributed by atoms with Gasteiger partial charge < -0.3 is 15.4 Å². The number of hydrogen-bond donors (Lipinski definition) is 1. The van der Waals surface area contributed by atoms with E-state index in [9.17, 15) is 0 Å². The molecule has 17 heavy (non-hydrogen) atoms. The van der Waals surface area contributed by atoms with Gasteiger partial charge in [0.15, 0.2) is 0 Å². The Morgan fingerprint density at radius 1 is 1.41 bits per heavy atom. The van der Waals surface area contributed by atoms with E-state index in [2.05, 4.69) is 14.9 Å². The quantitative estimate of drug-likeness (QED) is 0.856. The number of nitrogen functional groups attached to an aromatic ring is 1. The summed E-state index contributed by atoms with van der Waals surface area (Å²) in [6.07, 6.45) is 2.60. The van der Waals surface area contributed by atoms with Gasteiger partial charge in [0, 0.05) is 25.8 Å². The predicted molar refractivity (Wildman–Crippen MR) is 68.2 cm³/mol. The summed E-state index contributed by atoms with van der Waals surface area (Å²) in [5, 5.41) is 0. The van der Waals surface area contributed by atoms with Crippen molar-refractivity contribution in [2.75, 3.05) is 30.8 Å². The van der Waals surface area contributed by atoms with E-state index >= 15 is 0 Å². The second-order valence-corrected chi connectivity index (χ2v) is 4.62. The van der Waals surface area contributed by atoms with Crippen molar-refractivity contribution >= 4 is 11.6 Å². The van der Waals surface area contributed by atoms with Gasteiger partial charge in [-0.3, -0.25) is 0 Å². The van der Waals surface area contributed by atoms with Gasteiger partial charge in [-0.2, -0.15) is 0 Å². The van der Waals surface area contributed by atoms with Crippen LogP contribution >= 0.6 is 0 Å². The molecule has 2 N–H and O–H groups in total. The van der Waals surface area contributed by atoms with Crippen molar-refractivity contribution in [2.24, 2.45) is 0 Å². The van der Waals surface area contributed by atoms with Gasteiger partial charge in [0.1, 0.15) is 17.5 Å². The Labute approximate surface area is 102 Å². The lowest BCUT2D eigenvalue weighted by Crippen LogP contribution is -2.30. The van der Waals surface area contributed by atoms with Crippen LogP contribution in [-0.2, 0) is 4.74 Å². The highest BCUT2D eigenvalue weighted by Crippen LogP contribution is 2.22. The lowest BCUT2D eigenvalue weighted by Gasteiger charge is -2.23. The van der Waals surface area contributed by atoms with Gasteiger partial charge in [-0.15, -0.1) is 0 Å². The molecular formula is C12H20N4O. The Morgan fingerprint density at radius 2 is 2.18 bits per heavy atom. The van der Waals surface area contributed by atoms with Crippen molar-refractivity contribution in [3.63, 3.8) is 0 Å². The first kappa shape index (κ1) is 12.1. The summed E-state index contributed by atoms with van der Waals surface area (Å²) in [4.78, 5) is 10.7. The van der Waals surface area contributed by atoms with Gasteiger partial charge in [0.25, 0.3) is 0 Å². The fraction of sp³-hybridized carbons (Fsp3) is 0.667. The zero-order chi connectivity index (χ0) is 12.4. The fourth-order valence-electron chi connectivity index (χ4n) is 2.19. The van der Waals surface area contributed by atoms with Gasteiger partial charge in [-0.25, -0.2) is 9.97 Å². The van der Waals surface area contributed by atoms with Crippen molar-refractivity contribution in [1.29, 1.82) is 0 Å². The van der Waals surface area contributed by atoms with Gasteiger partial charge in [0.2, 0.25) is 0 Å². The Morgan fingerprint density at radius 3 is 2.82 bits per heavy atom. The molecule has 0 spiro atoms. The Bertz CT molecular complexity index is 402. The first-order valence-electron chi connectivity index (χ1n) is 6.01. The Hall–Kier alpha value is -1.36. The molecule has 1 saturated heterocycles. The van der Waals surface area contributed by atoms with Crippen LogP contribution in [0.25, 0.3) is 0 Å². The van der Waals surface area contributed by atoms with Gasteiger partial charge in [-0.1, -0.05) is 0 Å². The standard InChI is InChI=1S/C12H20N4O/c1-8-11(13)14-9(2)15-12(8)16(3)7-10-5-4-6-17-10/h10H,4-7H2,1-3H3,(H2,13,14,15). The highest BCUT2D eigenvalue weighted by atomic mass is 16.5. The molecule has 2 rings (SSSR count). The third kappa shape index (κ3) is 2.66. The van der Waals surface area contributed by atoms with E-state index in [1.54, 1.807) is 0 Å². The molecule has 0 amide bonds. The lowest BCUT2D eigenvalue weighted by molar-refractivity contribution is 0.116. The minimum absolute atomic E-state index is 0.316. The molecule has 1 aromatic heterocycles. The highest BCUT2D eigenvalue weighted by molar-refractivity contribution is 5.56. The third-order valence-corrected chi connectivity index (χ3v) is 3.13. The number of nitrogens with two attached hydrogens (primary N) is 1. The fourth-order valence-corrected chi connectivity index (χ4v) is 2.19. The van der Waals surface area contributed by atoms with Crippen LogP contribution in [0.3, 0.4) is 0 Å². The average molecular weight is 236 g/mol. The molecule has 1 aromatic rings. The Balaban J connectivity index is 2.14. The maximum absolute atomic E-state index is 5.86. The second kappa shape index (κ2) is 4.87. The van der Waals surface area contributed by atoms with E-state index in [4.69, 9.17) is 10.5 Å². The lowest BCUT2D eigenvalue weighted by atomic mass is 10.2. The summed E-state index contributed by atoms with van der Waals surface area (Å²) < 4.78 is 5.63. The zero-order valence-electron chi connectivity index (χ0n) is 10.7. The molecule has 1 atom stereocenters. The molecule has 5 heteroatoms. The normalized spacial score (nSPS) is 19.6. The van der Waals surface area contributed by atoms with E-state index in [-0.39, 0.29) is 0 Å². The maximum Gasteiger partial charge on any atom is 0.137 e. The first-order valence-corrected chi connectivity index (χ1v) is 6.01. The van der Waals surface area contributed by atoms with Crippen LogP contribution in [0.4, 0.5) is 11.6 Å². The molecule has 0 bridgehead atoms. The summed E-state index contributed by atoms with van der Waals surface area (Å²) in [5.41, 5.74) is 6.80. The molecule has 0 radical (unpaired) electrons. The van der Waals surface area contributed by atoms with Crippen LogP contribution in [0.15, 0.2) is 0 Å². The minimum atomic E-state index is 0.316. The summed E-state index contributed by atoms with van der Waals surface area (Å²) in [7, 11) is 2.02. The molecule has 94 valence electrons. The number of hydrogen-bond acceptors (Lipinski definition) is 5. The molecule has 0 aliphatic carbocycles. The van der Waals surface area contributed by atoms with Gasteiger partial charge in [-0.05, 0) is 26.7 Å². The number of nitrogens with zero attached hydrogens (tertiary/aromatic N) is 3. The van der Waals surface area contributed by atoms with Crippen LogP contribution in [0.5, 0.6) is 0 Å². The number of ether oxygens (including phenoxy) is 1. The number of aryl methyl sites for hydroxylation is 1. The van der Waals surface area contributed by atoms with Crippen molar-refractivity contribution in [3.05, 3.63) is 11.4 Å². The van der Waals surface area contributed by atoms with E-state index in [0.29, 0.717) is 17.7 Å². The zero-order valence-corrected chi connectivity index (χ0v) is 10.7. The molecule has 1 unspecified atom stereocenters. The molecule has 1 aliphatic rings. The van der Waals surface area contributed by atoms with Crippen LogP contribution in [0.1, 0.15) is 24.2 Å². The minimum Gasteiger partial charge on any atom is -0.383 e. The van der Waals surface area contributed by atoms with E-state index < -0.39 is 0 Å². The maximum atomic E-state index is 5.86. The van der Waals surface area contributed by atoms with Crippen LogP contribution < -0.4 is 10.6 Å². The largest absolute Gasteiger partial charge is 0.383 e. The molecule has 0 aromatic carbocycles. The monoisotopic (exact) mass is 236 g/mol. The average Bonchev–Trinajstić information content (AvgIpc) is 2.76. The van der Waals surface area contributed by atoms with E-state index in [0.717, 1.165) is 37.4 Å². The van der Waals surface area contributed by atoms with Crippen LogP contribution in [0.2, 0.25) is 0 Å². The van der Waals surface area contributed by atoms with Gasteiger partial charge in [0.05, 0.1) is 6.10 Å². The summed E-state index contributed by atoms with van der Waals surface area (Å²) in [6.45, 7) is 5.55. The van der Waals surface area contributed by atoms with Gasteiger partial charge >= 0.3 is 0 Å². The van der Waals surface area contributed by atoms with Crippen molar-refractivity contribution in [3.8, 4) is 0 Å². The number of anilines is 2. The smallest absolute Gasteiger partial charge is 0.137 e. The predicted octanol–water partition coefficient (Wildman–Crippen LogP) is 1.29. The second-order valence-electron chi connectivity index (χ2n) is 4.62. The topological polar surface area (TPSA) is 64.3 Å². The van der Waals surface area contributed by atoms with E-state index in [1.165, 1.54) is 0 Å². The molecular weight excluding hydrogens is 216 g/mol. The summed E-state index contributed by atoms with van der Waals surface area (Å²) >= 11 is 0. The summed E-state index contributed by atoms with van der Waals surface area (Å²) in [6, 6.07) is 0. The first-order chi connectivity index (χ1) is 8.08. The van der Waals surface area contributed by atoms with E-state index in [1.807, 2.05) is 20.9 Å². The summed E-state index contributed by atoms with van der Waals surface area (Å²) in [5.74, 6) is 2.18. The van der Waals surface area contributed by atoms with Crippen molar-refractivity contribution in [2.45, 2.75) is 32.8 Å². The highest BCUT2D eigenvalue weighted by Gasteiger charge is 2.19. The molecule has 5 nitrogen and oxygen atoms in total. The number of rotatable bonds is 3. The number of likely N-dealkylation sites (N-methyl/N-ethyl adjacent to an activating group) is 1. The van der Waals surface area contributed by atoms with Crippen molar-refractivity contribution < 1.29 is 4.74 Å². The molecule has 1 aliphatic heterocycles.